The van der Waals surface area contributed by atoms with Gasteiger partial charge < -0.3 is 25.4 Å². The lowest BCUT2D eigenvalue weighted by Gasteiger charge is -2.37. The molecule has 2 aliphatic rings. The second kappa shape index (κ2) is 8.43. The van der Waals surface area contributed by atoms with Crippen LogP contribution in [0.5, 0.6) is 5.75 Å². The van der Waals surface area contributed by atoms with Crippen molar-refractivity contribution in [3.63, 3.8) is 0 Å². The molecule has 1 heterocycles. The van der Waals surface area contributed by atoms with Gasteiger partial charge in [0, 0.05) is 19.6 Å². The third kappa shape index (κ3) is 5.86. The van der Waals surface area contributed by atoms with Crippen molar-refractivity contribution >= 4 is 17.5 Å². The van der Waals surface area contributed by atoms with Gasteiger partial charge in [-0.1, -0.05) is 0 Å². The molecule has 1 atom stereocenters. The van der Waals surface area contributed by atoms with E-state index >= 15 is 0 Å². The van der Waals surface area contributed by atoms with Crippen LogP contribution in [0.3, 0.4) is 0 Å². The maximum absolute atomic E-state index is 14.0. The summed E-state index contributed by atoms with van der Waals surface area (Å²) in [6, 6.07) is 2.79. The molecule has 0 radical (unpaired) electrons. The van der Waals surface area contributed by atoms with Crippen molar-refractivity contribution in [1.82, 2.24) is 5.32 Å². The molecule has 9 heteroatoms. The first kappa shape index (κ1) is 22.4. The molecule has 0 unspecified atom stereocenters. The number of amides is 1. The number of nitrogens with zero attached hydrogens (tertiary/aromatic N) is 1. The van der Waals surface area contributed by atoms with E-state index in [0.717, 1.165) is 19.3 Å². The summed E-state index contributed by atoms with van der Waals surface area (Å²) >= 11 is 0. The Morgan fingerprint density at radius 1 is 1.23 bits per heavy atom. The van der Waals surface area contributed by atoms with Gasteiger partial charge in [-0.25, -0.2) is 4.79 Å². The van der Waals surface area contributed by atoms with Gasteiger partial charge in [-0.3, -0.25) is 0 Å². The van der Waals surface area contributed by atoms with Gasteiger partial charge >= 0.3 is 12.3 Å². The van der Waals surface area contributed by atoms with Gasteiger partial charge in [0.1, 0.15) is 16.9 Å². The fraction of sp³-hybridized carbons (Fsp3) is 0.667. The molecule has 1 aliphatic carbocycles. The minimum atomic E-state index is -4.59. The highest BCUT2D eigenvalue weighted by Crippen LogP contribution is 2.47. The second-order valence-corrected chi connectivity index (χ2v) is 9.03. The highest BCUT2D eigenvalue weighted by Gasteiger charge is 2.41. The first-order valence-corrected chi connectivity index (χ1v) is 10.3. The molecular formula is C21H30F3N3O3. The molecule has 1 aliphatic heterocycles. The summed E-state index contributed by atoms with van der Waals surface area (Å²) in [7, 11) is 0. The molecule has 168 valence electrons. The van der Waals surface area contributed by atoms with Crippen LogP contribution in [-0.2, 0) is 10.9 Å². The number of nitrogens with two attached hydrogens (primary N) is 1. The molecule has 3 rings (SSSR count). The highest BCUT2D eigenvalue weighted by atomic mass is 19.4. The number of carbonyl (C=O) groups is 1. The van der Waals surface area contributed by atoms with Gasteiger partial charge in [0.2, 0.25) is 0 Å². The Labute approximate surface area is 174 Å². The summed E-state index contributed by atoms with van der Waals surface area (Å²) < 4.78 is 52.7. The monoisotopic (exact) mass is 429 g/mol. The average molecular weight is 429 g/mol. The summed E-state index contributed by atoms with van der Waals surface area (Å²) in [6.45, 7) is 6.46. The Bertz CT molecular complexity index is 773. The van der Waals surface area contributed by atoms with Gasteiger partial charge in [-0.2, -0.15) is 13.2 Å². The maximum Gasteiger partial charge on any atom is 0.422 e. The summed E-state index contributed by atoms with van der Waals surface area (Å²) in [6.07, 6.45) is -2.25. The molecule has 6 nitrogen and oxygen atoms in total. The van der Waals surface area contributed by atoms with Crippen molar-refractivity contribution in [2.75, 3.05) is 30.3 Å². The molecule has 0 spiro atoms. The van der Waals surface area contributed by atoms with Gasteiger partial charge in [0.05, 0.1) is 17.5 Å². The van der Waals surface area contributed by atoms with Crippen LogP contribution in [0.1, 0.15) is 52.0 Å². The van der Waals surface area contributed by atoms with Crippen LogP contribution >= 0.6 is 0 Å². The van der Waals surface area contributed by atoms with Gasteiger partial charge in [-0.15, -0.1) is 0 Å². The molecule has 1 saturated heterocycles. The maximum atomic E-state index is 14.0. The predicted molar refractivity (Wildman–Crippen MR) is 109 cm³/mol. The normalized spacial score (nSPS) is 20.1. The largest absolute Gasteiger partial charge is 0.490 e. The number of hydrogen-bond donors (Lipinski definition) is 2. The number of anilines is 2. The summed E-state index contributed by atoms with van der Waals surface area (Å²) in [5, 5.41) is 2.72. The number of rotatable bonds is 5. The molecular weight excluding hydrogens is 399 g/mol. The number of piperidine rings is 1. The Kier molecular flexibility index (Phi) is 6.29. The lowest BCUT2D eigenvalue weighted by molar-refractivity contribution is -0.138. The summed E-state index contributed by atoms with van der Waals surface area (Å²) in [4.78, 5) is 13.6. The molecule has 0 aromatic heterocycles. The van der Waals surface area contributed by atoms with Crippen LogP contribution in [0.25, 0.3) is 0 Å². The number of nitrogen functional groups attached to an aromatic ring is 1. The smallest absolute Gasteiger partial charge is 0.422 e. The fourth-order valence-corrected chi connectivity index (χ4v) is 3.64. The second-order valence-electron chi connectivity index (χ2n) is 9.03. The highest BCUT2D eigenvalue weighted by molar-refractivity contribution is 5.76. The number of nitrogens with one attached hydrogen (secondary N) is 1. The average Bonchev–Trinajstić information content (AvgIpc) is 3.43. The van der Waals surface area contributed by atoms with Crippen LogP contribution in [0, 0.1) is 5.92 Å². The van der Waals surface area contributed by atoms with Crippen molar-refractivity contribution in [3.8, 4) is 5.75 Å². The Morgan fingerprint density at radius 2 is 1.93 bits per heavy atom. The van der Waals surface area contributed by atoms with Gasteiger partial charge in [0.25, 0.3) is 0 Å². The van der Waals surface area contributed by atoms with Crippen molar-refractivity contribution in [3.05, 3.63) is 17.7 Å². The molecule has 2 fully saturated rings. The van der Waals surface area contributed by atoms with Crippen LogP contribution < -0.4 is 20.7 Å². The van der Waals surface area contributed by atoms with E-state index in [1.807, 2.05) is 0 Å². The standard InChI is InChI=1S/C21H30F3N3O3/c1-20(2,3)30-19(28)26-11-13-5-4-10-27(12-13)18-15(25)8-9-16(29-14-6-7-14)17(18)21(22,23)24/h8-9,13-14H,4-7,10-12,25H2,1-3H3,(H,26,28)/t13-/m0/s1. The molecule has 30 heavy (non-hydrogen) atoms. The van der Waals surface area contributed by atoms with Crippen molar-refractivity contribution in [1.29, 1.82) is 0 Å². The van der Waals surface area contributed by atoms with E-state index in [-0.39, 0.29) is 29.1 Å². The van der Waals surface area contributed by atoms with E-state index in [9.17, 15) is 18.0 Å². The van der Waals surface area contributed by atoms with Crippen LogP contribution in [0.4, 0.5) is 29.3 Å². The molecule has 1 saturated carbocycles. The first-order valence-electron chi connectivity index (χ1n) is 10.3. The summed E-state index contributed by atoms with van der Waals surface area (Å²) in [5.41, 5.74) is 4.64. The zero-order chi connectivity index (χ0) is 22.1. The Hall–Kier alpha value is -2.32. The van der Waals surface area contributed by atoms with Crippen LogP contribution in [0.2, 0.25) is 0 Å². The van der Waals surface area contributed by atoms with Crippen molar-refractivity contribution < 1.29 is 27.4 Å². The number of benzene rings is 1. The quantitative estimate of drug-likeness (QED) is 0.671. The molecule has 0 bridgehead atoms. The van der Waals surface area contributed by atoms with Crippen LogP contribution in [0.15, 0.2) is 12.1 Å². The van der Waals surface area contributed by atoms with E-state index in [1.165, 1.54) is 12.1 Å². The van der Waals surface area contributed by atoms with Crippen molar-refractivity contribution in [2.24, 2.45) is 5.92 Å². The number of ether oxygens (including phenoxy) is 2. The zero-order valence-corrected chi connectivity index (χ0v) is 17.6. The number of carbonyl (C=O) groups excluding carboxylic acids is 1. The van der Waals surface area contributed by atoms with Gasteiger partial charge in [0.15, 0.2) is 0 Å². The lowest BCUT2D eigenvalue weighted by Crippen LogP contribution is -2.43. The van der Waals surface area contributed by atoms with Crippen LogP contribution in [-0.4, -0.2) is 37.4 Å². The minimum Gasteiger partial charge on any atom is -0.490 e. The molecule has 1 aromatic carbocycles. The Morgan fingerprint density at radius 3 is 2.53 bits per heavy atom. The van der Waals surface area contributed by atoms with Gasteiger partial charge in [-0.05, 0) is 64.5 Å². The van der Waals surface area contributed by atoms with E-state index in [1.54, 1.807) is 25.7 Å². The SMILES string of the molecule is CC(C)(C)OC(=O)NC[C@@H]1CCCN(c2c(N)ccc(OC3CC3)c2C(F)(F)F)C1. The first-order chi connectivity index (χ1) is 13.9. The molecule has 1 amide bonds. The Balaban J connectivity index is 1.76. The van der Waals surface area contributed by atoms with Crippen molar-refractivity contribution in [2.45, 2.75) is 64.3 Å². The number of halogens is 3. The lowest BCUT2D eigenvalue weighted by atomic mass is 9.96. The molecule has 3 N–H and O–H groups in total. The van der Waals surface area contributed by atoms with E-state index in [2.05, 4.69) is 5.32 Å². The number of hydrogen-bond acceptors (Lipinski definition) is 5. The predicted octanol–water partition coefficient (Wildman–Crippen LogP) is 4.57. The third-order valence-electron chi connectivity index (χ3n) is 5.04. The molecule has 1 aromatic rings. The fourth-order valence-electron chi connectivity index (χ4n) is 3.64. The van der Waals surface area contributed by atoms with E-state index in [4.69, 9.17) is 15.2 Å². The van der Waals surface area contributed by atoms with E-state index in [0.29, 0.717) is 26.1 Å². The topological polar surface area (TPSA) is 76.8 Å². The van der Waals surface area contributed by atoms with E-state index < -0.39 is 23.4 Å². The summed E-state index contributed by atoms with van der Waals surface area (Å²) in [5.74, 6) is -0.178. The minimum absolute atomic E-state index is 0.0141. The number of alkyl carbamates (subject to hydrolysis) is 1. The third-order valence-corrected chi connectivity index (χ3v) is 5.04. The number of alkyl halides is 3. The zero-order valence-electron chi connectivity index (χ0n) is 17.6.